The molecule has 3 N–H and O–H groups in total. The van der Waals surface area contributed by atoms with Gasteiger partial charge >= 0.3 is 0 Å². The molecule has 5 heteroatoms. The highest BCUT2D eigenvalue weighted by atomic mass is 16.5. The second-order valence-electron chi connectivity index (χ2n) is 5.08. The Hall–Kier alpha value is -2.14. The lowest BCUT2D eigenvalue weighted by Gasteiger charge is -2.11. The summed E-state index contributed by atoms with van der Waals surface area (Å²) in [5.41, 5.74) is 7.52. The Labute approximate surface area is 117 Å². The molecule has 1 heterocycles. The molecule has 1 aliphatic rings. The van der Waals surface area contributed by atoms with Crippen molar-refractivity contribution in [3.05, 3.63) is 41.2 Å². The van der Waals surface area contributed by atoms with Gasteiger partial charge in [-0.15, -0.1) is 0 Å². The zero-order chi connectivity index (χ0) is 14.1. The lowest BCUT2D eigenvalue weighted by molar-refractivity contribution is 0.281. The number of hydrogen-bond donors (Lipinski definition) is 2. The SMILES string of the molecule is Cc1c(N)nc(C2CC2)nc1Oc1ccc(CO)cc1. The van der Waals surface area contributed by atoms with Gasteiger partial charge in [-0.1, -0.05) is 12.1 Å². The molecule has 20 heavy (non-hydrogen) atoms. The van der Waals surface area contributed by atoms with E-state index in [9.17, 15) is 0 Å². The first kappa shape index (κ1) is 12.9. The van der Waals surface area contributed by atoms with Gasteiger partial charge in [-0.05, 0) is 37.5 Å². The largest absolute Gasteiger partial charge is 0.439 e. The minimum atomic E-state index is 0.0194. The Morgan fingerprint density at radius 2 is 1.95 bits per heavy atom. The number of aliphatic hydroxyl groups is 1. The monoisotopic (exact) mass is 271 g/mol. The highest BCUT2D eigenvalue weighted by molar-refractivity contribution is 5.46. The molecular weight excluding hydrogens is 254 g/mol. The van der Waals surface area contributed by atoms with Crippen LogP contribution < -0.4 is 10.5 Å². The van der Waals surface area contributed by atoms with E-state index in [0.717, 1.165) is 29.8 Å². The van der Waals surface area contributed by atoms with Gasteiger partial charge in [-0.2, -0.15) is 4.98 Å². The predicted molar refractivity (Wildman–Crippen MR) is 75.6 cm³/mol. The van der Waals surface area contributed by atoms with Crippen molar-refractivity contribution >= 4 is 5.82 Å². The lowest BCUT2D eigenvalue weighted by atomic mass is 10.2. The van der Waals surface area contributed by atoms with Crippen LogP contribution in [0.1, 0.15) is 35.7 Å². The smallest absolute Gasteiger partial charge is 0.227 e. The molecule has 1 aromatic carbocycles. The number of nitrogens with zero attached hydrogens (tertiary/aromatic N) is 2. The number of nitrogens with two attached hydrogens (primary N) is 1. The Balaban J connectivity index is 1.88. The number of ether oxygens (including phenoxy) is 1. The number of benzene rings is 1. The molecule has 1 saturated carbocycles. The third-order valence-electron chi connectivity index (χ3n) is 3.42. The highest BCUT2D eigenvalue weighted by Gasteiger charge is 2.28. The quantitative estimate of drug-likeness (QED) is 0.893. The fraction of sp³-hybridized carbons (Fsp3) is 0.333. The fourth-order valence-electron chi connectivity index (χ4n) is 1.93. The zero-order valence-corrected chi connectivity index (χ0v) is 11.3. The first-order valence-electron chi connectivity index (χ1n) is 6.69. The molecule has 0 atom stereocenters. The molecule has 0 amide bonds. The number of rotatable bonds is 4. The van der Waals surface area contributed by atoms with E-state index in [2.05, 4.69) is 9.97 Å². The van der Waals surface area contributed by atoms with Crippen molar-refractivity contribution in [2.45, 2.75) is 32.3 Å². The van der Waals surface area contributed by atoms with Crippen LogP contribution in [-0.2, 0) is 6.61 Å². The number of aliphatic hydroxyl groups excluding tert-OH is 1. The summed E-state index contributed by atoms with van der Waals surface area (Å²) in [6.07, 6.45) is 2.24. The zero-order valence-electron chi connectivity index (χ0n) is 11.3. The van der Waals surface area contributed by atoms with Gasteiger partial charge in [-0.3, -0.25) is 0 Å². The fourth-order valence-corrected chi connectivity index (χ4v) is 1.93. The van der Waals surface area contributed by atoms with Gasteiger partial charge in [0, 0.05) is 5.92 Å². The molecule has 5 nitrogen and oxygen atoms in total. The van der Waals surface area contributed by atoms with Crippen LogP contribution in [0, 0.1) is 6.92 Å². The van der Waals surface area contributed by atoms with Gasteiger partial charge in [0.1, 0.15) is 17.4 Å². The summed E-state index contributed by atoms with van der Waals surface area (Å²) in [6, 6.07) is 7.24. The molecule has 2 aromatic rings. The summed E-state index contributed by atoms with van der Waals surface area (Å²) < 4.78 is 5.80. The van der Waals surface area contributed by atoms with Gasteiger partial charge in [-0.25, -0.2) is 4.98 Å². The number of aromatic nitrogens is 2. The van der Waals surface area contributed by atoms with Gasteiger partial charge in [0.15, 0.2) is 0 Å². The third kappa shape index (κ3) is 2.58. The van der Waals surface area contributed by atoms with Crippen molar-refractivity contribution in [2.24, 2.45) is 0 Å². The highest BCUT2D eigenvalue weighted by Crippen LogP contribution is 2.40. The Bertz CT molecular complexity index is 622. The molecule has 0 spiro atoms. The molecule has 3 rings (SSSR count). The van der Waals surface area contributed by atoms with Crippen LogP contribution in [0.15, 0.2) is 24.3 Å². The van der Waals surface area contributed by atoms with Crippen LogP contribution in [0.2, 0.25) is 0 Å². The molecule has 0 unspecified atom stereocenters. The second-order valence-corrected chi connectivity index (χ2v) is 5.08. The van der Waals surface area contributed by atoms with Crippen molar-refractivity contribution in [1.29, 1.82) is 0 Å². The minimum absolute atomic E-state index is 0.0194. The molecule has 1 fully saturated rings. The number of nitrogen functional groups attached to an aromatic ring is 1. The van der Waals surface area contributed by atoms with E-state index in [0.29, 0.717) is 23.4 Å². The lowest BCUT2D eigenvalue weighted by Crippen LogP contribution is -2.04. The normalized spacial score (nSPS) is 14.3. The molecule has 0 radical (unpaired) electrons. The molecule has 1 aromatic heterocycles. The molecular formula is C15H17N3O2. The van der Waals surface area contributed by atoms with Crippen LogP contribution in [-0.4, -0.2) is 15.1 Å². The molecule has 1 aliphatic carbocycles. The summed E-state index contributed by atoms with van der Waals surface area (Å²) >= 11 is 0. The van der Waals surface area contributed by atoms with Crippen LogP contribution >= 0.6 is 0 Å². The Morgan fingerprint density at radius 3 is 2.55 bits per heavy atom. The number of hydrogen-bond acceptors (Lipinski definition) is 5. The van der Waals surface area contributed by atoms with Gasteiger partial charge in [0.25, 0.3) is 0 Å². The van der Waals surface area contributed by atoms with Crippen LogP contribution in [0.3, 0.4) is 0 Å². The Morgan fingerprint density at radius 1 is 1.25 bits per heavy atom. The topological polar surface area (TPSA) is 81.3 Å². The molecule has 104 valence electrons. The molecule has 0 aliphatic heterocycles. The summed E-state index contributed by atoms with van der Waals surface area (Å²) in [5.74, 6) is 2.86. The maximum Gasteiger partial charge on any atom is 0.227 e. The van der Waals surface area contributed by atoms with E-state index in [1.54, 1.807) is 12.1 Å². The predicted octanol–water partition coefficient (Wildman–Crippen LogP) is 2.53. The maximum atomic E-state index is 9.03. The maximum absolute atomic E-state index is 9.03. The molecule has 0 saturated heterocycles. The average Bonchev–Trinajstić information content (AvgIpc) is 3.29. The summed E-state index contributed by atoms with van der Waals surface area (Å²) in [7, 11) is 0. The Kier molecular flexibility index (Phi) is 3.28. The summed E-state index contributed by atoms with van der Waals surface area (Å²) in [4.78, 5) is 8.79. The average molecular weight is 271 g/mol. The van der Waals surface area contributed by atoms with Crippen LogP contribution in [0.25, 0.3) is 0 Å². The standard InChI is InChI=1S/C15H17N3O2/c1-9-13(16)17-14(11-4-5-11)18-15(9)20-12-6-2-10(8-19)3-7-12/h2-3,6-7,11,19H,4-5,8H2,1H3,(H2,16,17,18). The second kappa shape index (κ2) is 5.09. The van der Waals surface area contributed by atoms with Crippen LogP contribution in [0.5, 0.6) is 11.6 Å². The summed E-state index contributed by atoms with van der Waals surface area (Å²) in [5, 5.41) is 9.03. The van der Waals surface area contributed by atoms with Crippen molar-refractivity contribution in [3.8, 4) is 11.6 Å². The van der Waals surface area contributed by atoms with Gasteiger partial charge < -0.3 is 15.6 Å². The van der Waals surface area contributed by atoms with E-state index < -0.39 is 0 Å². The van der Waals surface area contributed by atoms with Crippen molar-refractivity contribution in [2.75, 3.05) is 5.73 Å². The first-order chi connectivity index (χ1) is 9.67. The van der Waals surface area contributed by atoms with Crippen LogP contribution in [0.4, 0.5) is 5.82 Å². The van der Waals surface area contributed by atoms with Crippen molar-refractivity contribution < 1.29 is 9.84 Å². The van der Waals surface area contributed by atoms with Crippen molar-refractivity contribution in [1.82, 2.24) is 9.97 Å². The number of anilines is 1. The van der Waals surface area contributed by atoms with E-state index in [1.165, 1.54) is 0 Å². The minimum Gasteiger partial charge on any atom is -0.439 e. The third-order valence-corrected chi connectivity index (χ3v) is 3.42. The first-order valence-corrected chi connectivity index (χ1v) is 6.69. The summed E-state index contributed by atoms with van der Waals surface area (Å²) in [6.45, 7) is 1.87. The van der Waals surface area contributed by atoms with Gasteiger partial charge in [0.05, 0.1) is 12.2 Å². The van der Waals surface area contributed by atoms with Crippen molar-refractivity contribution in [3.63, 3.8) is 0 Å². The van der Waals surface area contributed by atoms with Gasteiger partial charge in [0.2, 0.25) is 5.88 Å². The van der Waals surface area contributed by atoms with E-state index in [4.69, 9.17) is 15.6 Å². The van der Waals surface area contributed by atoms with E-state index >= 15 is 0 Å². The van der Waals surface area contributed by atoms with E-state index in [-0.39, 0.29) is 6.61 Å². The molecule has 0 bridgehead atoms. The van der Waals surface area contributed by atoms with E-state index in [1.807, 2.05) is 19.1 Å².